The molecule has 0 spiro atoms. The van der Waals surface area contributed by atoms with Gasteiger partial charge in [0.2, 0.25) is 0 Å². The van der Waals surface area contributed by atoms with E-state index < -0.39 is 5.97 Å². The molecule has 0 atom stereocenters. The predicted octanol–water partition coefficient (Wildman–Crippen LogP) is 3.71. The largest absolute Gasteiger partial charge is 0.465 e. The Kier molecular flexibility index (Phi) is 3.40. The van der Waals surface area contributed by atoms with Crippen molar-refractivity contribution >= 4 is 29.2 Å². The van der Waals surface area contributed by atoms with E-state index in [1.807, 2.05) is 0 Å². The fourth-order valence-electron chi connectivity index (χ4n) is 2.03. The van der Waals surface area contributed by atoms with Crippen molar-refractivity contribution in [1.29, 1.82) is 0 Å². The lowest BCUT2D eigenvalue weighted by Crippen LogP contribution is -2.05. The summed E-state index contributed by atoms with van der Waals surface area (Å²) in [5.74, 6) is 0.243. The number of nitrogens with zero attached hydrogens (tertiary/aromatic N) is 2. The van der Waals surface area contributed by atoms with E-state index in [-0.39, 0.29) is 5.92 Å². The Morgan fingerprint density at radius 3 is 2.55 bits per heavy atom. The van der Waals surface area contributed by atoms with Crippen molar-refractivity contribution in [3.05, 3.63) is 33.8 Å². The molecule has 0 saturated heterocycles. The molecule has 0 bridgehead atoms. The highest BCUT2D eigenvalue weighted by molar-refractivity contribution is 6.39. The fourth-order valence-corrected chi connectivity index (χ4v) is 2.58. The molecule has 5 nitrogen and oxygen atoms in total. The summed E-state index contributed by atoms with van der Waals surface area (Å²) < 4.78 is 10.1. The van der Waals surface area contributed by atoms with Gasteiger partial charge in [-0.15, -0.1) is 0 Å². The van der Waals surface area contributed by atoms with Gasteiger partial charge >= 0.3 is 5.97 Å². The first-order valence-electron chi connectivity index (χ1n) is 6.00. The van der Waals surface area contributed by atoms with Crippen LogP contribution in [0.4, 0.5) is 0 Å². The van der Waals surface area contributed by atoms with Gasteiger partial charge in [0, 0.05) is 23.9 Å². The normalized spacial score (nSPS) is 14.3. The topological polar surface area (TPSA) is 65.2 Å². The molecule has 0 aromatic carbocycles. The summed E-state index contributed by atoms with van der Waals surface area (Å²) in [6.07, 6.45) is 4.82. The van der Waals surface area contributed by atoms with Crippen LogP contribution in [0.3, 0.4) is 0 Å². The first-order valence-corrected chi connectivity index (χ1v) is 6.76. The Balaban J connectivity index is 2.21. The lowest BCUT2D eigenvalue weighted by atomic mass is 10.1. The highest BCUT2D eigenvalue weighted by Gasteiger charge is 2.36. The average Bonchev–Trinajstić information content (AvgIpc) is 3.18. The third-order valence-electron chi connectivity index (χ3n) is 3.15. The van der Waals surface area contributed by atoms with Crippen LogP contribution in [-0.4, -0.2) is 23.2 Å². The van der Waals surface area contributed by atoms with E-state index in [4.69, 9.17) is 32.5 Å². The van der Waals surface area contributed by atoms with Crippen LogP contribution in [0.1, 0.15) is 34.9 Å². The van der Waals surface area contributed by atoms with E-state index in [9.17, 15) is 4.79 Å². The van der Waals surface area contributed by atoms with Gasteiger partial charge in [-0.3, -0.25) is 4.98 Å². The second kappa shape index (κ2) is 5.07. The number of ether oxygens (including phenoxy) is 1. The molecular formula is C13H10Cl2N2O3. The van der Waals surface area contributed by atoms with E-state index in [1.54, 1.807) is 0 Å². The minimum absolute atomic E-state index is 0.213. The Bertz CT molecular complexity index is 660. The zero-order valence-electron chi connectivity index (χ0n) is 10.5. The second-order valence-electron chi connectivity index (χ2n) is 4.51. The second-order valence-corrected chi connectivity index (χ2v) is 5.33. The maximum absolute atomic E-state index is 12.0. The lowest BCUT2D eigenvalue weighted by Gasteiger charge is -2.05. The van der Waals surface area contributed by atoms with Crippen molar-refractivity contribution in [2.45, 2.75) is 18.8 Å². The van der Waals surface area contributed by atoms with E-state index in [2.05, 4.69) is 10.1 Å². The van der Waals surface area contributed by atoms with E-state index in [0.29, 0.717) is 32.6 Å². The van der Waals surface area contributed by atoms with Crippen LogP contribution >= 0.6 is 23.2 Å². The zero-order chi connectivity index (χ0) is 14.3. The van der Waals surface area contributed by atoms with Gasteiger partial charge in [-0.25, -0.2) is 4.79 Å². The van der Waals surface area contributed by atoms with E-state index in [1.165, 1.54) is 19.5 Å². The molecule has 0 amide bonds. The van der Waals surface area contributed by atoms with Crippen molar-refractivity contribution in [2.24, 2.45) is 0 Å². The van der Waals surface area contributed by atoms with Crippen molar-refractivity contribution < 1.29 is 14.1 Å². The molecule has 1 aliphatic carbocycles. The summed E-state index contributed by atoms with van der Waals surface area (Å²) in [6.45, 7) is 0. The number of carbonyl (C=O) groups is 1. The van der Waals surface area contributed by atoms with Crippen LogP contribution in [0.5, 0.6) is 0 Å². The fraction of sp³-hybridized carbons (Fsp3) is 0.308. The van der Waals surface area contributed by atoms with Crippen LogP contribution in [0.25, 0.3) is 11.3 Å². The first-order chi connectivity index (χ1) is 9.63. The van der Waals surface area contributed by atoms with Gasteiger partial charge in [0.15, 0.2) is 5.76 Å². The van der Waals surface area contributed by atoms with Gasteiger partial charge in [0.05, 0.1) is 17.2 Å². The summed E-state index contributed by atoms with van der Waals surface area (Å²) in [5, 5.41) is 4.57. The Hall–Kier alpha value is -1.59. The molecule has 1 saturated carbocycles. The van der Waals surface area contributed by atoms with Gasteiger partial charge in [-0.1, -0.05) is 28.4 Å². The SMILES string of the molecule is COC(=O)c1c(-c2c(Cl)cncc2Cl)noc1C1CC1. The molecule has 2 heterocycles. The third-order valence-corrected chi connectivity index (χ3v) is 3.72. The van der Waals surface area contributed by atoms with Gasteiger partial charge in [-0.05, 0) is 12.8 Å². The van der Waals surface area contributed by atoms with Crippen molar-refractivity contribution in [1.82, 2.24) is 10.1 Å². The van der Waals surface area contributed by atoms with Crippen LogP contribution < -0.4 is 0 Å². The number of hydrogen-bond donors (Lipinski definition) is 0. The standard InChI is InChI=1S/C13H10Cl2N2O3/c1-19-13(18)10-11(17-20-12(10)6-2-3-6)9-7(14)4-16-5-8(9)15/h4-6H,2-3H2,1H3. The first kappa shape index (κ1) is 13.4. The molecule has 104 valence electrons. The summed E-state index contributed by atoms with van der Waals surface area (Å²) in [6, 6.07) is 0. The number of rotatable bonds is 3. The molecule has 0 unspecified atom stereocenters. The monoisotopic (exact) mass is 312 g/mol. The van der Waals surface area contributed by atoms with Gasteiger partial charge in [-0.2, -0.15) is 0 Å². The molecule has 0 aliphatic heterocycles. The molecule has 0 radical (unpaired) electrons. The Labute approximate surface area is 124 Å². The molecule has 2 aromatic rings. The highest BCUT2D eigenvalue weighted by Crippen LogP contribution is 2.45. The van der Waals surface area contributed by atoms with Crippen LogP contribution in [0.2, 0.25) is 10.0 Å². The number of carbonyl (C=O) groups excluding carboxylic acids is 1. The molecule has 7 heteroatoms. The summed E-state index contributed by atoms with van der Waals surface area (Å²) in [5.41, 5.74) is 1.03. The number of aromatic nitrogens is 2. The lowest BCUT2D eigenvalue weighted by molar-refractivity contribution is 0.0599. The summed E-state index contributed by atoms with van der Waals surface area (Å²) in [4.78, 5) is 15.9. The van der Waals surface area contributed by atoms with Gasteiger partial charge in [0.25, 0.3) is 0 Å². The zero-order valence-corrected chi connectivity index (χ0v) is 12.0. The Morgan fingerprint density at radius 2 is 2.00 bits per heavy atom. The minimum atomic E-state index is -0.507. The van der Waals surface area contributed by atoms with Gasteiger partial charge < -0.3 is 9.26 Å². The molecular weight excluding hydrogens is 303 g/mol. The number of methoxy groups -OCH3 is 1. The smallest absolute Gasteiger partial charge is 0.343 e. The molecule has 20 heavy (non-hydrogen) atoms. The van der Waals surface area contributed by atoms with Crippen LogP contribution in [0, 0.1) is 0 Å². The van der Waals surface area contributed by atoms with E-state index in [0.717, 1.165) is 12.8 Å². The third kappa shape index (κ3) is 2.17. The number of halogens is 2. The molecule has 1 aliphatic rings. The highest BCUT2D eigenvalue weighted by atomic mass is 35.5. The van der Waals surface area contributed by atoms with Crippen LogP contribution in [-0.2, 0) is 4.74 Å². The number of pyridine rings is 1. The number of esters is 1. The quantitative estimate of drug-likeness (QED) is 0.808. The number of hydrogen-bond acceptors (Lipinski definition) is 5. The molecule has 0 N–H and O–H groups in total. The summed E-state index contributed by atoms with van der Waals surface area (Å²) in [7, 11) is 1.31. The maximum Gasteiger partial charge on any atom is 0.343 e. The molecule has 1 fully saturated rings. The molecule has 3 rings (SSSR count). The maximum atomic E-state index is 12.0. The molecule has 2 aromatic heterocycles. The average molecular weight is 313 g/mol. The Morgan fingerprint density at radius 1 is 1.35 bits per heavy atom. The van der Waals surface area contributed by atoms with Crippen molar-refractivity contribution in [3.63, 3.8) is 0 Å². The van der Waals surface area contributed by atoms with Crippen LogP contribution in [0.15, 0.2) is 16.9 Å². The van der Waals surface area contributed by atoms with Gasteiger partial charge in [0.1, 0.15) is 11.3 Å². The van der Waals surface area contributed by atoms with Crippen molar-refractivity contribution in [3.8, 4) is 11.3 Å². The minimum Gasteiger partial charge on any atom is -0.465 e. The van der Waals surface area contributed by atoms with E-state index >= 15 is 0 Å². The van der Waals surface area contributed by atoms with Crippen molar-refractivity contribution in [2.75, 3.05) is 7.11 Å². The summed E-state index contributed by atoms with van der Waals surface area (Å²) >= 11 is 12.2. The predicted molar refractivity (Wildman–Crippen MR) is 73.1 cm³/mol.